The first-order chi connectivity index (χ1) is 13.5. The molecule has 3 aromatic rings. The SMILES string of the molecule is CN(C)c1ccc(/N=N/c2ccc(/N=N/c3ccc([N+](=O)[O-])cc3)cc2)cc1. The molecule has 28 heavy (non-hydrogen) atoms. The molecular weight excluding hydrogens is 356 g/mol. The van der Waals surface area contributed by atoms with E-state index in [-0.39, 0.29) is 5.69 Å². The minimum Gasteiger partial charge on any atom is -0.378 e. The molecule has 0 radical (unpaired) electrons. The molecule has 0 fully saturated rings. The van der Waals surface area contributed by atoms with Gasteiger partial charge in [0.05, 0.1) is 27.7 Å². The van der Waals surface area contributed by atoms with Crippen LogP contribution in [0.2, 0.25) is 0 Å². The Morgan fingerprint density at radius 3 is 1.29 bits per heavy atom. The Balaban J connectivity index is 1.63. The van der Waals surface area contributed by atoms with Gasteiger partial charge in [0, 0.05) is 31.9 Å². The number of hydrogen-bond acceptors (Lipinski definition) is 7. The van der Waals surface area contributed by atoms with Crippen molar-refractivity contribution in [1.29, 1.82) is 0 Å². The maximum absolute atomic E-state index is 10.6. The number of nitro benzene ring substituents is 1. The number of hydrogen-bond donors (Lipinski definition) is 0. The van der Waals surface area contributed by atoms with Gasteiger partial charge in [-0.15, -0.1) is 0 Å². The number of non-ortho nitro benzene ring substituents is 1. The molecular formula is C20H18N6O2. The minimum atomic E-state index is -0.454. The molecule has 0 bridgehead atoms. The summed E-state index contributed by atoms with van der Waals surface area (Å²) in [6, 6.07) is 20.8. The molecule has 3 rings (SSSR count). The van der Waals surface area contributed by atoms with Gasteiger partial charge in [0.25, 0.3) is 5.69 Å². The maximum Gasteiger partial charge on any atom is 0.269 e. The molecule has 0 aliphatic heterocycles. The average Bonchev–Trinajstić information content (AvgIpc) is 2.72. The van der Waals surface area contributed by atoms with Crippen molar-refractivity contribution < 1.29 is 4.92 Å². The molecule has 0 saturated carbocycles. The van der Waals surface area contributed by atoms with Crippen LogP contribution in [0.15, 0.2) is 93.3 Å². The van der Waals surface area contributed by atoms with Crippen molar-refractivity contribution >= 4 is 34.1 Å². The Bertz CT molecular complexity index is 994. The van der Waals surface area contributed by atoms with Crippen LogP contribution in [0.1, 0.15) is 0 Å². The molecule has 8 nitrogen and oxygen atoms in total. The Kier molecular flexibility index (Phi) is 5.81. The minimum absolute atomic E-state index is 0.0185. The van der Waals surface area contributed by atoms with Crippen molar-refractivity contribution in [3.8, 4) is 0 Å². The summed E-state index contributed by atoms with van der Waals surface area (Å²) in [6.45, 7) is 0. The number of benzene rings is 3. The van der Waals surface area contributed by atoms with Gasteiger partial charge in [0.2, 0.25) is 0 Å². The molecule has 0 heterocycles. The van der Waals surface area contributed by atoms with E-state index in [9.17, 15) is 10.1 Å². The highest BCUT2D eigenvalue weighted by Gasteiger charge is 2.03. The number of rotatable bonds is 6. The summed E-state index contributed by atoms with van der Waals surface area (Å²) >= 11 is 0. The molecule has 8 heteroatoms. The molecule has 140 valence electrons. The van der Waals surface area contributed by atoms with Gasteiger partial charge in [0.1, 0.15) is 0 Å². The van der Waals surface area contributed by atoms with E-state index in [0.29, 0.717) is 17.1 Å². The van der Waals surface area contributed by atoms with Crippen LogP contribution >= 0.6 is 0 Å². The van der Waals surface area contributed by atoms with Gasteiger partial charge in [-0.1, -0.05) is 0 Å². The zero-order chi connectivity index (χ0) is 19.9. The van der Waals surface area contributed by atoms with Crippen molar-refractivity contribution in [2.24, 2.45) is 20.5 Å². The van der Waals surface area contributed by atoms with Gasteiger partial charge in [-0.25, -0.2) is 0 Å². The van der Waals surface area contributed by atoms with Crippen LogP contribution in [0.25, 0.3) is 0 Å². The van der Waals surface area contributed by atoms with Crippen molar-refractivity contribution in [3.63, 3.8) is 0 Å². The molecule has 0 aromatic heterocycles. The largest absolute Gasteiger partial charge is 0.378 e. The molecule has 0 saturated heterocycles. The lowest BCUT2D eigenvalue weighted by Crippen LogP contribution is -2.07. The molecule has 0 aliphatic rings. The lowest BCUT2D eigenvalue weighted by atomic mass is 10.3. The summed E-state index contributed by atoms with van der Waals surface area (Å²) in [5.74, 6) is 0. The highest BCUT2D eigenvalue weighted by Crippen LogP contribution is 2.25. The van der Waals surface area contributed by atoms with Gasteiger partial charge in [-0.2, -0.15) is 20.5 Å². The van der Waals surface area contributed by atoms with E-state index < -0.39 is 4.92 Å². The average molecular weight is 374 g/mol. The van der Waals surface area contributed by atoms with Crippen molar-refractivity contribution in [1.82, 2.24) is 0 Å². The fourth-order valence-corrected chi connectivity index (χ4v) is 2.28. The Morgan fingerprint density at radius 1 is 0.643 bits per heavy atom. The van der Waals surface area contributed by atoms with E-state index in [1.807, 2.05) is 43.3 Å². The molecule has 0 N–H and O–H groups in total. The summed E-state index contributed by atoms with van der Waals surface area (Å²) in [7, 11) is 3.97. The third-order valence-corrected chi connectivity index (χ3v) is 3.84. The standard InChI is InChI=1S/C20H18N6O2/c1-25(2)19-11-7-17(8-12-19)23-21-15-3-5-16(6-4-15)22-24-18-9-13-20(14-10-18)26(27)28/h3-14H,1-2H3/b23-21+,24-22+. The first kappa shape index (κ1) is 18.8. The third kappa shape index (κ3) is 5.04. The third-order valence-electron chi connectivity index (χ3n) is 3.84. The molecule has 0 unspecified atom stereocenters. The van der Waals surface area contributed by atoms with E-state index in [4.69, 9.17) is 0 Å². The second-order valence-corrected chi connectivity index (χ2v) is 6.10. The molecule has 0 amide bonds. The molecule has 0 aliphatic carbocycles. The molecule has 0 spiro atoms. The molecule has 0 atom stereocenters. The highest BCUT2D eigenvalue weighted by molar-refractivity contribution is 5.52. The fraction of sp³-hybridized carbons (Fsp3) is 0.100. The summed E-state index contributed by atoms with van der Waals surface area (Å²) in [4.78, 5) is 12.2. The van der Waals surface area contributed by atoms with Gasteiger partial charge < -0.3 is 4.90 Å². The van der Waals surface area contributed by atoms with Crippen molar-refractivity contribution in [2.75, 3.05) is 19.0 Å². The molecule has 3 aromatic carbocycles. The predicted molar refractivity (Wildman–Crippen MR) is 109 cm³/mol. The summed E-state index contributed by atoms with van der Waals surface area (Å²) < 4.78 is 0. The smallest absolute Gasteiger partial charge is 0.269 e. The number of azo groups is 2. The first-order valence-corrected chi connectivity index (χ1v) is 8.47. The second-order valence-electron chi connectivity index (χ2n) is 6.10. The van der Waals surface area contributed by atoms with Gasteiger partial charge in [-0.05, 0) is 60.7 Å². The fourth-order valence-electron chi connectivity index (χ4n) is 2.28. The lowest BCUT2D eigenvalue weighted by molar-refractivity contribution is -0.384. The summed E-state index contributed by atoms with van der Waals surface area (Å²) in [5, 5.41) is 27.3. The normalized spacial score (nSPS) is 11.2. The highest BCUT2D eigenvalue weighted by atomic mass is 16.6. The first-order valence-electron chi connectivity index (χ1n) is 8.47. The van der Waals surface area contributed by atoms with Crippen molar-refractivity contribution in [3.05, 3.63) is 82.9 Å². The van der Waals surface area contributed by atoms with Crippen LogP contribution in [0.3, 0.4) is 0 Å². The van der Waals surface area contributed by atoms with E-state index in [1.165, 1.54) is 12.1 Å². The number of anilines is 1. The van der Waals surface area contributed by atoms with Gasteiger partial charge in [-0.3, -0.25) is 10.1 Å². The van der Waals surface area contributed by atoms with E-state index in [2.05, 4.69) is 20.5 Å². The van der Waals surface area contributed by atoms with Gasteiger partial charge in [0.15, 0.2) is 0 Å². The van der Waals surface area contributed by atoms with Crippen LogP contribution in [-0.2, 0) is 0 Å². The quantitative estimate of drug-likeness (QED) is 0.280. The van der Waals surface area contributed by atoms with Crippen LogP contribution in [0, 0.1) is 10.1 Å². The summed E-state index contributed by atoms with van der Waals surface area (Å²) in [6.07, 6.45) is 0. The topological polar surface area (TPSA) is 95.8 Å². The predicted octanol–water partition coefficient (Wildman–Crippen LogP) is 6.49. The second kappa shape index (κ2) is 8.63. The lowest BCUT2D eigenvalue weighted by Gasteiger charge is -2.11. The van der Waals surface area contributed by atoms with E-state index in [0.717, 1.165) is 11.4 Å². The van der Waals surface area contributed by atoms with E-state index >= 15 is 0 Å². The maximum atomic E-state index is 10.6. The Labute approximate surface area is 162 Å². The van der Waals surface area contributed by atoms with E-state index in [1.54, 1.807) is 36.4 Å². The van der Waals surface area contributed by atoms with Crippen LogP contribution in [0.5, 0.6) is 0 Å². The van der Waals surface area contributed by atoms with Crippen LogP contribution in [0.4, 0.5) is 34.1 Å². The Hall–Kier alpha value is -3.94. The number of nitro groups is 1. The zero-order valence-corrected chi connectivity index (χ0v) is 15.4. The van der Waals surface area contributed by atoms with Crippen molar-refractivity contribution in [2.45, 2.75) is 0 Å². The van der Waals surface area contributed by atoms with Crippen LogP contribution < -0.4 is 4.90 Å². The monoisotopic (exact) mass is 374 g/mol. The van der Waals surface area contributed by atoms with Crippen LogP contribution in [-0.4, -0.2) is 19.0 Å². The van der Waals surface area contributed by atoms with Gasteiger partial charge >= 0.3 is 0 Å². The Morgan fingerprint density at radius 2 is 0.964 bits per heavy atom. The zero-order valence-electron chi connectivity index (χ0n) is 15.4. The number of nitrogens with zero attached hydrogens (tertiary/aromatic N) is 6. The summed E-state index contributed by atoms with van der Waals surface area (Å²) in [5.41, 5.74) is 3.77.